The van der Waals surface area contributed by atoms with Crippen molar-refractivity contribution in [2.45, 2.75) is 13.8 Å². The Labute approximate surface area is 129 Å². The van der Waals surface area contributed by atoms with Gasteiger partial charge in [-0.2, -0.15) is 0 Å². The van der Waals surface area contributed by atoms with Gasteiger partial charge >= 0.3 is 0 Å². The molecule has 4 nitrogen and oxygen atoms in total. The molecule has 0 atom stereocenters. The summed E-state index contributed by atoms with van der Waals surface area (Å²) in [6.45, 7) is 4.06. The summed E-state index contributed by atoms with van der Waals surface area (Å²) < 4.78 is 0. The molecule has 0 bridgehead atoms. The van der Waals surface area contributed by atoms with Gasteiger partial charge < -0.3 is 5.32 Å². The zero-order valence-corrected chi connectivity index (χ0v) is 12.6. The summed E-state index contributed by atoms with van der Waals surface area (Å²) >= 11 is 0. The van der Waals surface area contributed by atoms with Crippen molar-refractivity contribution in [3.05, 3.63) is 70.9 Å². The maximum absolute atomic E-state index is 12.0. The molecule has 110 valence electrons. The predicted molar refractivity (Wildman–Crippen MR) is 89.5 cm³/mol. The van der Waals surface area contributed by atoms with Crippen molar-refractivity contribution in [1.82, 2.24) is 5.32 Å². The molecule has 3 rings (SSSR count). The number of aliphatic imine (C=N–C) groups is 1. The number of aryl methyl sites for hydroxylation is 2. The lowest BCUT2D eigenvalue weighted by Crippen LogP contribution is -2.29. The number of carbonyl (C=O) groups is 1. The predicted octanol–water partition coefficient (Wildman–Crippen LogP) is 3.24. The summed E-state index contributed by atoms with van der Waals surface area (Å²) in [5, 5.41) is 5.83. The Balaban J connectivity index is 1.79. The summed E-state index contributed by atoms with van der Waals surface area (Å²) in [5.41, 5.74) is 4.61. The molecule has 1 aliphatic heterocycles. The van der Waals surface area contributed by atoms with Gasteiger partial charge in [-0.1, -0.05) is 47.5 Å². The SMILES string of the molecule is Cc1ccc(/C=C2/N=C(Nc3ccc(C)cc3)NC2=O)cc1. The van der Waals surface area contributed by atoms with Crippen LogP contribution in [0.3, 0.4) is 0 Å². The first-order valence-corrected chi connectivity index (χ1v) is 7.12. The molecule has 0 saturated carbocycles. The molecule has 2 aromatic carbocycles. The van der Waals surface area contributed by atoms with Crippen LogP contribution >= 0.6 is 0 Å². The third kappa shape index (κ3) is 3.23. The summed E-state index contributed by atoms with van der Waals surface area (Å²) in [6, 6.07) is 15.9. The highest BCUT2D eigenvalue weighted by atomic mass is 16.2. The fourth-order valence-corrected chi connectivity index (χ4v) is 2.12. The molecule has 0 radical (unpaired) electrons. The van der Waals surface area contributed by atoms with Crippen LogP contribution in [0.5, 0.6) is 0 Å². The number of guanidine groups is 1. The second kappa shape index (κ2) is 5.85. The van der Waals surface area contributed by atoms with Crippen LogP contribution < -0.4 is 10.6 Å². The number of benzene rings is 2. The van der Waals surface area contributed by atoms with E-state index in [1.807, 2.05) is 62.4 Å². The Bertz CT molecular complexity index is 756. The highest BCUT2D eigenvalue weighted by molar-refractivity contribution is 6.17. The largest absolute Gasteiger partial charge is 0.326 e. The Hall–Kier alpha value is -2.88. The van der Waals surface area contributed by atoms with Gasteiger partial charge in [0.25, 0.3) is 5.91 Å². The maximum Gasteiger partial charge on any atom is 0.276 e. The first-order chi connectivity index (χ1) is 10.6. The standard InChI is InChI=1S/C18H17N3O/c1-12-3-7-14(8-4-12)11-16-17(22)21-18(20-16)19-15-9-5-13(2)6-10-15/h3-11H,1-2H3,(H2,19,20,21,22)/b16-11+. The number of carbonyl (C=O) groups excluding carboxylic acids is 1. The number of nitrogens with zero attached hydrogens (tertiary/aromatic N) is 1. The topological polar surface area (TPSA) is 53.5 Å². The fraction of sp³-hybridized carbons (Fsp3) is 0.111. The molecule has 0 unspecified atom stereocenters. The van der Waals surface area contributed by atoms with Crippen LogP contribution in [-0.2, 0) is 4.79 Å². The monoisotopic (exact) mass is 291 g/mol. The normalized spacial score (nSPS) is 15.6. The third-order valence-corrected chi connectivity index (χ3v) is 3.39. The summed E-state index contributed by atoms with van der Waals surface area (Å²) in [7, 11) is 0. The lowest BCUT2D eigenvalue weighted by Gasteiger charge is -2.04. The molecule has 1 aliphatic rings. The Morgan fingerprint density at radius 2 is 1.55 bits per heavy atom. The third-order valence-electron chi connectivity index (χ3n) is 3.39. The minimum absolute atomic E-state index is 0.199. The summed E-state index contributed by atoms with van der Waals surface area (Å²) in [6.07, 6.45) is 1.78. The fourth-order valence-electron chi connectivity index (χ4n) is 2.12. The number of rotatable bonds is 2. The van der Waals surface area contributed by atoms with E-state index >= 15 is 0 Å². The van der Waals surface area contributed by atoms with Crippen molar-refractivity contribution in [2.24, 2.45) is 4.99 Å². The first-order valence-electron chi connectivity index (χ1n) is 7.12. The lowest BCUT2D eigenvalue weighted by molar-refractivity contribution is -0.115. The molecule has 2 aromatic rings. The molecule has 4 heteroatoms. The zero-order valence-electron chi connectivity index (χ0n) is 12.6. The van der Waals surface area contributed by atoms with E-state index in [9.17, 15) is 4.79 Å². The highest BCUT2D eigenvalue weighted by Gasteiger charge is 2.19. The van der Waals surface area contributed by atoms with E-state index in [1.54, 1.807) is 6.08 Å². The maximum atomic E-state index is 12.0. The minimum atomic E-state index is -0.199. The molecule has 1 amide bonds. The van der Waals surface area contributed by atoms with E-state index in [2.05, 4.69) is 15.6 Å². The minimum Gasteiger partial charge on any atom is -0.326 e. The van der Waals surface area contributed by atoms with Gasteiger partial charge in [-0.15, -0.1) is 0 Å². The second-order valence-corrected chi connectivity index (χ2v) is 5.35. The van der Waals surface area contributed by atoms with Crippen LogP contribution in [-0.4, -0.2) is 11.9 Å². The quantitative estimate of drug-likeness (QED) is 0.835. The molecular weight excluding hydrogens is 274 g/mol. The van der Waals surface area contributed by atoms with Crippen molar-refractivity contribution >= 4 is 23.6 Å². The summed E-state index contributed by atoms with van der Waals surface area (Å²) in [4.78, 5) is 16.3. The van der Waals surface area contributed by atoms with Crippen LogP contribution in [0, 0.1) is 13.8 Å². The van der Waals surface area contributed by atoms with E-state index < -0.39 is 0 Å². The Kier molecular flexibility index (Phi) is 3.74. The van der Waals surface area contributed by atoms with Gasteiger partial charge in [0.1, 0.15) is 5.70 Å². The molecule has 0 aromatic heterocycles. The van der Waals surface area contributed by atoms with E-state index in [-0.39, 0.29) is 5.91 Å². The second-order valence-electron chi connectivity index (χ2n) is 5.35. The van der Waals surface area contributed by atoms with Crippen LogP contribution in [0.2, 0.25) is 0 Å². The van der Waals surface area contributed by atoms with Crippen LogP contribution in [0.15, 0.2) is 59.2 Å². The smallest absolute Gasteiger partial charge is 0.276 e. The molecule has 0 aliphatic carbocycles. The number of anilines is 1. The average Bonchev–Trinajstić information content (AvgIpc) is 2.84. The van der Waals surface area contributed by atoms with E-state index in [0.29, 0.717) is 11.7 Å². The van der Waals surface area contributed by atoms with Crippen LogP contribution in [0.1, 0.15) is 16.7 Å². The van der Waals surface area contributed by atoms with Gasteiger partial charge in [-0.05, 0) is 37.6 Å². The molecule has 22 heavy (non-hydrogen) atoms. The van der Waals surface area contributed by atoms with Gasteiger partial charge in [0, 0.05) is 5.69 Å². The van der Waals surface area contributed by atoms with Crippen LogP contribution in [0.4, 0.5) is 5.69 Å². The van der Waals surface area contributed by atoms with Crippen molar-refractivity contribution in [3.63, 3.8) is 0 Å². The van der Waals surface area contributed by atoms with Gasteiger partial charge in [0.2, 0.25) is 5.96 Å². The number of hydrogen-bond donors (Lipinski definition) is 2. The molecule has 0 spiro atoms. The molecular formula is C18H17N3O. The summed E-state index contributed by atoms with van der Waals surface area (Å²) in [5.74, 6) is 0.252. The number of hydrogen-bond acceptors (Lipinski definition) is 3. The van der Waals surface area contributed by atoms with Gasteiger partial charge in [-0.25, -0.2) is 4.99 Å². The van der Waals surface area contributed by atoms with E-state index in [4.69, 9.17) is 0 Å². The van der Waals surface area contributed by atoms with E-state index in [0.717, 1.165) is 11.3 Å². The number of nitrogens with one attached hydrogen (secondary N) is 2. The van der Waals surface area contributed by atoms with Crippen molar-refractivity contribution in [2.75, 3.05) is 5.32 Å². The average molecular weight is 291 g/mol. The van der Waals surface area contributed by atoms with Gasteiger partial charge in [-0.3, -0.25) is 10.1 Å². The van der Waals surface area contributed by atoms with Crippen molar-refractivity contribution < 1.29 is 4.79 Å². The van der Waals surface area contributed by atoms with Gasteiger partial charge in [0.05, 0.1) is 0 Å². The lowest BCUT2D eigenvalue weighted by atomic mass is 10.1. The first kappa shape index (κ1) is 14.1. The van der Waals surface area contributed by atoms with Crippen molar-refractivity contribution in [3.8, 4) is 0 Å². The van der Waals surface area contributed by atoms with Gasteiger partial charge in [0.15, 0.2) is 0 Å². The Morgan fingerprint density at radius 1 is 0.955 bits per heavy atom. The molecule has 0 saturated heterocycles. The van der Waals surface area contributed by atoms with Crippen LogP contribution in [0.25, 0.3) is 6.08 Å². The molecule has 0 fully saturated rings. The molecule has 1 heterocycles. The van der Waals surface area contributed by atoms with E-state index in [1.165, 1.54) is 11.1 Å². The van der Waals surface area contributed by atoms with Crippen molar-refractivity contribution in [1.29, 1.82) is 0 Å². The number of amides is 1. The zero-order chi connectivity index (χ0) is 15.5. The highest BCUT2D eigenvalue weighted by Crippen LogP contribution is 2.15. The Morgan fingerprint density at radius 3 is 2.18 bits per heavy atom. The molecule has 2 N–H and O–H groups in total.